The highest BCUT2D eigenvalue weighted by Crippen LogP contribution is 2.33. The minimum atomic E-state index is -0.227. The van der Waals surface area contributed by atoms with Crippen molar-refractivity contribution in [1.82, 2.24) is 15.2 Å². The molecule has 112 valence electrons. The fraction of sp³-hybridized carbons (Fsp3) is 0.688. The van der Waals surface area contributed by atoms with Crippen molar-refractivity contribution in [3.63, 3.8) is 0 Å². The van der Waals surface area contributed by atoms with Crippen molar-refractivity contribution in [2.24, 2.45) is 0 Å². The number of nitrogens with one attached hydrogen (secondary N) is 1. The van der Waals surface area contributed by atoms with E-state index in [1.165, 1.54) is 31.9 Å². The zero-order valence-electron chi connectivity index (χ0n) is 12.8. The van der Waals surface area contributed by atoms with E-state index < -0.39 is 0 Å². The lowest BCUT2D eigenvalue weighted by Gasteiger charge is -2.44. The first-order chi connectivity index (χ1) is 9.57. The van der Waals surface area contributed by atoms with E-state index >= 15 is 0 Å². The molecule has 1 fully saturated rings. The van der Waals surface area contributed by atoms with Crippen molar-refractivity contribution in [2.45, 2.75) is 51.1 Å². The fourth-order valence-electron chi connectivity index (χ4n) is 3.34. The molecule has 1 aromatic heterocycles. The molecule has 1 saturated heterocycles. The molecule has 0 aromatic carbocycles. The highest BCUT2D eigenvalue weighted by molar-refractivity contribution is 5.21. The van der Waals surface area contributed by atoms with E-state index in [2.05, 4.69) is 29.0 Å². The highest BCUT2D eigenvalue weighted by atomic mass is 19.1. The molecule has 0 amide bonds. The number of aromatic nitrogens is 1. The second-order valence-electron chi connectivity index (χ2n) is 6.17. The number of pyridine rings is 1. The first-order valence-corrected chi connectivity index (χ1v) is 7.59. The van der Waals surface area contributed by atoms with Crippen LogP contribution in [-0.2, 0) is 0 Å². The number of hydrogen-bond acceptors (Lipinski definition) is 3. The third-order valence-corrected chi connectivity index (χ3v) is 4.53. The molecule has 0 aliphatic carbocycles. The van der Waals surface area contributed by atoms with Gasteiger partial charge in [0.2, 0.25) is 0 Å². The Morgan fingerprint density at radius 3 is 2.45 bits per heavy atom. The van der Waals surface area contributed by atoms with E-state index in [1.54, 1.807) is 12.3 Å². The predicted octanol–water partition coefficient (Wildman–Crippen LogP) is 3.14. The van der Waals surface area contributed by atoms with Crippen LogP contribution in [0.25, 0.3) is 0 Å². The van der Waals surface area contributed by atoms with Crippen molar-refractivity contribution in [2.75, 3.05) is 20.1 Å². The summed E-state index contributed by atoms with van der Waals surface area (Å²) in [5.74, 6) is -0.227. The zero-order valence-corrected chi connectivity index (χ0v) is 12.8. The van der Waals surface area contributed by atoms with E-state index in [-0.39, 0.29) is 17.4 Å². The Labute approximate surface area is 121 Å². The maximum atomic E-state index is 14.1. The molecule has 1 N–H and O–H groups in total. The summed E-state index contributed by atoms with van der Waals surface area (Å²) in [5.41, 5.74) is 0.582. The van der Waals surface area contributed by atoms with Crippen molar-refractivity contribution in [3.8, 4) is 0 Å². The minimum Gasteiger partial charge on any atom is -0.311 e. The van der Waals surface area contributed by atoms with Gasteiger partial charge in [-0.2, -0.15) is 0 Å². The number of likely N-dealkylation sites (N-methyl/N-ethyl adjacent to an activating group) is 1. The Bertz CT molecular complexity index is 425. The predicted molar refractivity (Wildman–Crippen MR) is 80.1 cm³/mol. The Kier molecular flexibility index (Phi) is 5.11. The molecule has 1 atom stereocenters. The van der Waals surface area contributed by atoms with Crippen molar-refractivity contribution in [3.05, 3.63) is 29.8 Å². The molecule has 1 aromatic rings. The summed E-state index contributed by atoms with van der Waals surface area (Å²) in [6, 6.07) is 1.75. The molecule has 0 saturated carbocycles. The molecule has 1 aliphatic rings. The summed E-state index contributed by atoms with van der Waals surface area (Å²) in [6.07, 6.45) is 8.05. The Morgan fingerprint density at radius 1 is 1.25 bits per heavy atom. The van der Waals surface area contributed by atoms with Crippen LogP contribution in [0.15, 0.2) is 18.5 Å². The number of likely N-dealkylation sites (tertiary alicyclic amines) is 1. The summed E-state index contributed by atoms with van der Waals surface area (Å²) in [6.45, 7) is 6.61. The number of halogens is 1. The van der Waals surface area contributed by atoms with Crippen molar-refractivity contribution >= 4 is 0 Å². The smallest absolute Gasteiger partial charge is 0.146 e. The number of rotatable bonds is 4. The minimum absolute atomic E-state index is 0.0383. The normalized spacial score (nSPS) is 19.6. The Morgan fingerprint density at radius 2 is 1.90 bits per heavy atom. The van der Waals surface area contributed by atoms with E-state index in [0.29, 0.717) is 5.56 Å². The number of hydrogen-bond donors (Lipinski definition) is 1. The van der Waals surface area contributed by atoms with Gasteiger partial charge in [-0.1, -0.05) is 12.8 Å². The van der Waals surface area contributed by atoms with Gasteiger partial charge in [-0.15, -0.1) is 0 Å². The monoisotopic (exact) mass is 279 g/mol. The standard InChI is InChI=1S/C16H26FN3/c1-16(2,20-10-6-4-5-7-11-20)15(18-3)13-8-9-19-12-14(13)17/h8-9,12,15,18H,4-7,10-11H2,1-3H3. The molecule has 2 heterocycles. The lowest BCUT2D eigenvalue weighted by molar-refractivity contribution is 0.0850. The lowest BCUT2D eigenvalue weighted by Crippen LogP contribution is -2.52. The van der Waals surface area contributed by atoms with Crippen LogP contribution in [0.4, 0.5) is 4.39 Å². The molecule has 0 radical (unpaired) electrons. The van der Waals surface area contributed by atoms with Gasteiger partial charge in [-0.3, -0.25) is 9.88 Å². The molecule has 2 rings (SSSR count). The quantitative estimate of drug-likeness (QED) is 0.918. The summed E-state index contributed by atoms with van der Waals surface area (Å²) in [4.78, 5) is 6.36. The topological polar surface area (TPSA) is 28.2 Å². The van der Waals surface area contributed by atoms with Gasteiger partial charge >= 0.3 is 0 Å². The summed E-state index contributed by atoms with van der Waals surface area (Å²) < 4.78 is 14.1. The maximum absolute atomic E-state index is 14.1. The highest BCUT2D eigenvalue weighted by Gasteiger charge is 2.36. The molecule has 4 heteroatoms. The van der Waals surface area contributed by atoms with Crippen LogP contribution in [0.5, 0.6) is 0 Å². The molecular formula is C16H26FN3. The third-order valence-electron chi connectivity index (χ3n) is 4.53. The average molecular weight is 279 g/mol. The molecule has 1 unspecified atom stereocenters. The van der Waals surface area contributed by atoms with Gasteiger partial charge in [0.1, 0.15) is 5.82 Å². The zero-order chi connectivity index (χ0) is 14.6. The van der Waals surface area contributed by atoms with Crippen LogP contribution in [0.2, 0.25) is 0 Å². The second-order valence-corrected chi connectivity index (χ2v) is 6.17. The van der Waals surface area contributed by atoms with Gasteiger partial charge in [0.15, 0.2) is 0 Å². The second kappa shape index (κ2) is 6.64. The SMILES string of the molecule is CNC(c1ccncc1F)C(C)(C)N1CCCCCC1. The van der Waals surface area contributed by atoms with Crippen LogP contribution in [0, 0.1) is 5.82 Å². The first-order valence-electron chi connectivity index (χ1n) is 7.59. The van der Waals surface area contributed by atoms with Gasteiger partial charge in [-0.25, -0.2) is 4.39 Å². The lowest BCUT2D eigenvalue weighted by atomic mass is 9.86. The first kappa shape index (κ1) is 15.4. The van der Waals surface area contributed by atoms with Crippen molar-refractivity contribution in [1.29, 1.82) is 0 Å². The van der Waals surface area contributed by atoms with E-state index in [9.17, 15) is 4.39 Å². The van der Waals surface area contributed by atoms with E-state index in [4.69, 9.17) is 0 Å². The average Bonchev–Trinajstić information content (AvgIpc) is 2.71. The van der Waals surface area contributed by atoms with Gasteiger partial charge in [0.05, 0.1) is 12.2 Å². The molecule has 0 spiro atoms. The van der Waals surface area contributed by atoms with Crippen LogP contribution in [-0.4, -0.2) is 35.6 Å². The largest absolute Gasteiger partial charge is 0.311 e. The van der Waals surface area contributed by atoms with Gasteiger partial charge in [0.25, 0.3) is 0 Å². The van der Waals surface area contributed by atoms with Gasteiger partial charge < -0.3 is 5.32 Å². The van der Waals surface area contributed by atoms with E-state index in [0.717, 1.165) is 13.1 Å². The van der Waals surface area contributed by atoms with Crippen LogP contribution >= 0.6 is 0 Å². The summed E-state index contributed by atoms with van der Waals surface area (Å²) in [7, 11) is 1.91. The number of nitrogens with zero attached hydrogens (tertiary/aromatic N) is 2. The molecule has 1 aliphatic heterocycles. The molecule has 20 heavy (non-hydrogen) atoms. The molecule has 3 nitrogen and oxygen atoms in total. The van der Waals surface area contributed by atoms with Crippen molar-refractivity contribution < 1.29 is 4.39 Å². The van der Waals surface area contributed by atoms with Crippen LogP contribution in [0.1, 0.15) is 51.1 Å². The van der Waals surface area contributed by atoms with Crippen LogP contribution in [0.3, 0.4) is 0 Å². The van der Waals surface area contributed by atoms with Crippen LogP contribution < -0.4 is 5.32 Å². The van der Waals surface area contributed by atoms with Gasteiger partial charge in [-0.05, 0) is 52.9 Å². The third kappa shape index (κ3) is 3.18. The fourth-order valence-corrected chi connectivity index (χ4v) is 3.34. The van der Waals surface area contributed by atoms with E-state index in [1.807, 2.05) is 7.05 Å². The van der Waals surface area contributed by atoms with Gasteiger partial charge in [0, 0.05) is 17.3 Å². The summed E-state index contributed by atoms with van der Waals surface area (Å²) in [5, 5.41) is 3.31. The summed E-state index contributed by atoms with van der Waals surface area (Å²) >= 11 is 0. The molecule has 0 bridgehead atoms. The molecular weight excluding hydrogens is 253 g/mol. The Balaban J connectivity index is 2.26. The maximum Gasteiger partial charge on any atom is 0.146 e. The Hall–Kier alpha value is -1.00.